The number of aryl methyl sites for hydroxylation is 1. The van der Waals surface area contributed by atoms with Gasteiger partial charge in [-0.15, -0.1) is 0 Å². The lowest BCUT2D eigenvalue weighted by molar-refractivity contribution is -0.0846. The molecule has 0 radical (unpaired) electrons. The second-order valence-electron chi connectivity index (χ2n) is 6.58. The summed E-state index contributed by atoms with van der Waals surface area (Å²) in [6, 6.07) is 6.14. The zero-order valence-corrected chi connectivity index (χ0v) is 12.6. The molecule has 1 aliphatic heterocycles. The summed E-state index contributed by atoms with van der Waals surface area (Å²) in [4.78, 5) is 0. The van der Waals surface area contributed by atoms with Crippen LogP contribution in [0.25, 0.3) is 0 Å². The van der Waals surface area contributed by atoms with E-state index in [0.29, 0.717) is 6.54 Å². The first-order chi connectivity index (χ1) is 8.73. The fourth-order valence-electron chi connectivity index (χ4n) is 2.75. The highest BCUT2D eigenvalue weighted by molar-refractivity contribution is 5.37. The van der Waals surface area contributed by atoms with Crippen molar-refractivity contribution in [1.29, 1.82) is 0 Å². The summed E-state index contributed by atoms with van der Waals surface area (Å²) in [6.45, 7) is 11.0. The molecule has 2 rings (SSSR count). The van der Waals surface area contributed by atoms with Crippen molar-refractivity contribution in [1.82, 2.24) is 0 Å². The van der Waals surface area contributed by atoms with Gasteiger partial charge in [-0.05, 0) is 51.8 Å². The third-order valence-electron chi connectivity index (χ3n) is 3.75. The summed E-state index contributed by atoms with van der Waals surface area (Å²) < 4.78 is 12.3. The maximum Gasteiger partial charge on any atom is 0.130 e. The van der Waals surface area contributed by atoms with Crippen LogP contribution in [0.3, 0.4) is 0 Å². The van der Waals surface area contributed by atoms with E-state index in [1.165, 1.54) is 0 Å². The van der Waals surface area contributed by atoms with Gasteiger partial charge < -0.3 is 15.2 Å². The van der Waals surface area contributed by atoms with Crippen molar-refractivity contribution in [2.75, 3.05) is 0 Å². The predicted octanol–water partition coefficient (Wildman–Crippen LogP) is 3.18. The first-order valence-electron chi connectivity index (χ1n) is 6.90. The van der Waals surface area contributed by atoms with Crippen LogP contribution in [0.5, 0.6) is 5.75 Å². The lowest BCUT2D eigenvalue weighted by Gasteiger charge is -2.28. The highest BCUT2D eigenvalue weighted by atomic mass is 16.6. The summed E-state index contributed by atoms with van der Waals surface area (Å²) in [6.07, 6.45) is 0.959. The molecule has 0 saturated carbocycles. The Labute approximate surface area is 116 Å². The van der Waals surface area contributed by atoms with Crippen LogP contribution in [0.1, 0.15) is 45.2 Å². The number of nitrogens with two attached hydrogens (primary N) is 1. The van der Waals surface area contributed by atoms with E-state index in [4.69, 9.17) is 15.2 Å². The van der Waals surface area contributed by atoms with E-state index in [0.717, 1.165) is 23.3 Å². The van der Waals surface area contributed by atoms with Crippen LogP contribution in [-0.2, 0) is 11.3 Å². The van der Waals surface area contributed by atoms with Crippen molar-refractivity contribution in [3.63, 3.8) is 0 Å². The molecule has 106 valence electrons. The van der Waals surface area contributed by atoms with Crippen LogP contribution in [0, 0.1) is 6.92 Å². The number of hydrogen-bond donors (Lipinski definition) is 1. The summed E-state index contributed by atoms with van der Waals surface area (Å²) in [5.41, 5.74) is 7.52. The van der Waals surface area contributed by atoms with Gasteiger partial charge in [0.1, 0.15) is 17.5 Å². The van der Waals surface area contributed by atoms with Crippen molar-refractivity contribution in [3.05, 3.63) is 29.3 Å². The molecule has 0 aliphatic carbocycles. The van der Waals surface area contributed by atoms with Crippen molar-refractivity contribution in [3.8, 4) is 5.75 Å². The quantitative estimate of drug-likeness (QED) is 0.911. The van der Waals surface area contributed by atoms with Crippen LogP contribution < -0.4 is 10.5 Å². The number of ether oxygens (including phenoxy) is 2. The first kappa shape index (κ1) is 14.4. The van der Waals surface area contributed by atoms with E-state index in [9.17, 15) is 0 Å². The summed E-state index contributed by atoms with van der Waals surface area (Å²) in [5, 5.41) is 0. The standard InChI is InChI=1S/C16H25NO2/c1-11-6-7-12(10-17)8-13(11)18-14-9-15(2,3)19-16(14,4)5/h6-8,14H,9-10,17H2,1-5H3. The Balaban J connectivity index is 2.22. The Morgan fingerprint density at radius 2 is 2.00 bits per heavy atom. The van der Waals surface area contributed by atoms with Crippen LogP contribution >= 0.6 is 0 Å². The Morgan fingerprint density at radius 1 is 1.32 bits per heavy atom. The van der Waals surface area contributed by atoms with Crippen molar-refractivity contribution < 1.29 is 9.47 Å². The third-order valence-corrected chi connectivity index (χ3v) is 3.75. The highest BCUT2D eigenvalue weighted by Crippen LogP contribution is 2.40. The fourth-order valence-corrected chi connectivity index (χ4v) is 2.75. The predicted molar refractivity (Wildman–Crippen MR) is 77.3 cm³/mol. The van der Waals surface area contributed by atoms with E-state index in [1.54, 1.807) is 0 Å². The fraction of sp³-hybridized carbons (Fsp3) is 0.625. The molecule has 19 heavy (non-hydrogen) atoms. The lowest BCUT2D eigenvalue weighted by Crippen LogP contribution is -2.36. The Kier molecular flexibility index (Phi) is 3.63. The molecular weight excluding hydrogens is 238 g/mol. The third kappa shape index (κ3) is 3.10. The van der Waals surface area contributed by atoms with Gasteiger partial charge in [0.2, 0.25) is 0 Å². The molecule has 3 heteroatoms. The average Bonchev–Trinajstić information content (AvgIpc) is 2.49. The van der Waals surface area contributed by atoms with E-state index >= 15 is 0 Å². The van der Waals surface area contributed by atoms with Crippen molar-refractivity contribution in [2.45, 2.75) is 64.9 Å². The molecule has 1 aromatic carbocycles. The summed E-state index contributed by atoms with van der Waals surface area (Å²) in [7, 11) is 0. The van der Waals surface area contributed by atoms with Crippen LogP contribution in [0.2, 0.25) is 0 Å². The molecular formula is C16H25NO2. The van der Waals surface area contributed by atoms with Gasteiger partial charge in [-0.1, -0.05) is 12.1 Å². The Hall–Kier alpha value is -1.06. The molecule has 0 bridgehead atoms. The van der Waals surface area contributed by atoms with Crippen LogP contribution in [-0.4, -0.2) is 17.3 Å². The molecule has 1 saturated heterocycles. The second-order valence-corrected chi connectivity index (χ2v) is 6.58. The zero-order valence-electron chi connectivity index (χ0n) is 12.6. The topological polar surface area (TPSA) is 44.5 Å². The van der Waals surface area contributed by atoms with Crippen LogP contribution in [0.4, 0.5) is 0 Å². The van der Waals surface area contributed by atoms with Gasteiger partial charge in [0, 0.05) is 13.0 Å². The summed E-state index contributed by atoms with van der Waals surface area (Å²) in [5.74, 6) is 0.919. The first-order valence-corrected chi connectivity index (χ1v) is 6.90. The minimum Gasteiger partial charge on any atom is -0.487 e. The van der Waals surface area contributed by atoms with Gasteiger partial charge in [0.05, 0.1) is 5.60 Å². The Morgan fingerprint density at radius 3 is 2.53 bits per heavy atom. The molecule has 1 heterocycles. The van der Waals surface area contributed by atoms with Gasteiger partial charge in [0.15, 0.2) is 0 Å². The molecule has 1 fully saturated rings. The molecule has 1 aliphatic rings. The van der Waals surface area contributed by atoms with Gasteiger partial charge in [-0.3, -0.25) is 0 Å². The molecule has 1 unspecified atom stereocenters. The van der Waals surface area contributed by atoms with Gasteiger partial charge >= 0.3 is 0 Å². The number of hydrogen-bond acceptors (Lipinski definition) is 3. The Bertz CT molecular complexity index is 466. The highest BCUT2D eigenvalue weighted by Gasteiger charge is 2.47. The monoisotopic (exact) mass is 263 g/mol. The summed E-state index contributed by atoms with van der Waals surface area (Å²) >= 11 is 0. The molecule has 2 N–H and O–H groups in total. The maximum absolute atomic E-state index is 6.22. The molecule has 3 nitrogen and oxygen atoms in total. The molecule has 1 aromatic rings. The maximum atomic E-state index is 6.22. The number of benzene rings is 1. The van der Waals surface area contributed by atoms with Gasteiger partial charge in [0.25, 0.3) is 0 Å². The van der Waals surface area contributed by atoms with E-state index in [1.807, 2.05) is 12.1 Å². The van der Waals surface area contributed by atoms with Gasteiger partial charge in [-0.25, -0.2) is 0 Å². The van der Waals surface area contributed by atoms with Gasteiger partial charge in [-0.2, -0.15) is 0 Å². The largest absolute Gasteiger partial charge is 0.487 e. The molecule has 0 aromatic heterocycles. The SMILES string of the molecule is Cc1ccc(CN)cc1OC1CC(C)(C)OC1(C)C. The normalized spacial score (nSPS) is 24.4. The molecule has 0 spiro atoms. The minimum absolute atomic E-state index is 0.0641. The van der Waals surface area contributed by atoms with E-state index < -0.39 is 0 Å². The van der Waals surface area contributed by atoms with Crippen LogP contribution in [0.15, 0.2) is 18.2 Å². The smallest absolute Gasteiger partial charge is 0.130 e. The molecule has 0 amide bonds. The lowest BCUT2D eigenvalue weighted by atomic mass is 9.97. The second kappa shape index (κ2) is 4.80. The minimum atomic E-state index is -0.269. The average molecular weight is 263 g/mol. The van der Waals surface area contributed by atoms with E-state index in [2.05, 4.69) is 40.7 Å². The van der Waals surface area contributed by atoms with Crippen molar-refractivity contribution >= 4 is 0 Å². The zero-order chi connectivity index (χ0) is 14.3. The molecule has 1 atom stereocenters. The van der Waals surface area contributed by atoms with E-state index in [-0.39, 0.29) is 17.3 Å². The number of rotatable bonds is 3. The van der Waals surface area contributed by atoms with Crippen molar-refractivity contribution in [2.24, 2.45) is 5.73 Å².